The molecule has 0 unspecified atom stereocenters. The monoisotopic (exact) mass is 600 g/mol. The number of aromatic nitrogens is 1. The van der Waals surface area contributed by atoms with Gasteiger partial charge in [0.25, 0.3) is 11.8 Å². The number of hydrogen-bond donors (Lipinski definition) is 2. The second-order valence-corrected chi connectivity index (χ2v) is 13.8. The van der Waals surface area contributed by atoms with Crippen LogP contribution in [0.15, 0.2) is 82.7 Å². The number of hydrogen-bond acceptors (Lipinski definition) is 7. The van der Waals surface area contributed by atoms with Gasteiger partial charge in [0.15, 0.2) is 0 Å². The lowest BCUT2D eigenvalue weighted by atomic mass is 10.1. The molecule has 3 aromatic carbocycles. The van der Waals surface area contributed by atoms with Crippen molar-refractivity contribution in [3.05, 3.63) is 94.5 Å². The van der Waals surface area contributed by atoms with Gasteiger partial charge in [-0.1, -0.05) is 36.4 Å². The minimum atomic E-state index is -3.93. The maximum Gasteiger partial charge on any atom is 0.257 e. The van der Waals surface area contributed by atoms with E-state index in [1.54, 1.807) is 18.3 Å². The van der Waals surface area contributed by atoms with E-state index in [9.17, 15) is 18.0 Å². The number of nitrogens with zero attached hydrogens (tertiary/aromatic N) is 2. The summed E-state index contributed by atoms with van der Waals surface area (Å²) in [4.78, 5) is 33.5. The first-order chi connectivity index (χ1) is 20.3. The summed E-state index contributed by atoms with van der Waals surface area (Å²) in [5.41, 5.74) is 2.76. The molecular formula is C32H32N4O4S2. The molecule has 2 heterocycles. The van der Waals surface area contributed by atoms with Gasteiger partial charge >= 0.3 is 0 Å². The zero-order valence-electron chi connectivity index (χ0n) is 23.3. The first kappa shape index (κ1) is 28.3. The van der Waals surface area contributed by atoms with E-state index < -0.39 is 15.7 Å². The van der Waals surface area contributed by atoms with Crippen LogP contribution < -0.4 is 10.6 Å². The molecule has 2 N–H and O–H groups in total. The third kappa shape index (κ3) is 6.01. The van der Waals surface area contributed by atoms with Crippen LogP contribution in [0.4, 0.5) is 5.69 Å². The second-order valence-electron chi connectivity index (χ2n) is 10.8. The Labute approximate surface area is 249 Å². The van der Waals surface area contributed by atoms with E-state index in [2.05, 4.69) is 51.8 Å². The lowest BCUT2D eigenvalue weighted by Gasteiger charge is -2.14. The molecule has 0 spiro atoms. The molecule has 0 radical (unpaired) electrons. The Bertz CT molecular complexity index is 1740. The first-order valence-corrected chi connectivity index (χ1v) is 16.4. The minimum absolute atomic E-state index is 0.0448. The molecule has 1 aromatic heterocycles. The zero-order chi connectivity index (χ0) is 29.3. The van der Waals surface area contributed by atoms with Crippen molar-refractivity contribution in [1.82, 2.24) is 15.2 Å². The van der Waals surface area contributed by atoms with Crippen LogP contribution in [0, 0.1) is 0 Å². The molecule has 1 fully saturated rings. The zero-order valence-corrected chi connectivity index (χ0v) is 24.9. The molecule has 1 aliphatic heterocycles. The Hall–Kier alpha value is -3.86. The second kappa shape index (κ2) is 11.8. The number of carbonyl (C=O) groups excluding carboxylic acids is 2. The molecule has 8 nitrogen and oxygen atoms in total. The van der Waals surface area contributed by atoms with E-state index in [-0.39, 0.29) is 39.1 Å². The molecule has 1 aliphatic carbocycles. The van der Waals surface area contributed by atoms with E-state index in [1.165, 1.54) is 79.5 Å². The summed E-state index contributed by atoms with van der Waals surface area (Å²) < 4.78 is 26.4. The topological polar surface area (TPSA) is 108 Å². The Balaban J connectivity index is 1.05. The van der Waals surface area contributed by atoms with Gasteiger partial charge < -0.3 is 15.5 Å². The first-order valence-electron chi connectivity index (χ1n) is 14.1. The molecule has 0 saturated heterocycles. The lowest BCUT2D eigenvalue weighted by molar-refractivity contribution is 0.0949. The van der Waals surface area contributed by atoms with E-state index >= 15 is 0 Å². The normalized spacial score (nSPS) is 15.4. The number of thiazole rings is 1. The number of aryl methyl sites for hydroxylation is 1. The van der Waals surface area contributed by atoms with Crippen LogP contribution in [0.25, 0.3) is 10.6 Å². The SMILES string of the molecule is CN(CCCCc1ccc(-c2ncc(CNC(=O)c3ccc4c(c3)NC(=O)c3ccccc3S4(=O)=O)s2)cc1)C1CC1. The van der Waals surface area contributed by atoms with Crippen LogP contribution in [-0.4, -0.2) is 49.8 Å². The molecule has 0 bridgehead atoms. The van der Waals surface area contributed by atoms with Crippen LogP contribution in [-0.2, 0) is 22.8 Å². The number of unbranched alkanes of at least 4 members (excludes halogenated alkanes) is 1. The molecule has 1 saturated carbocycles. The van der Waals surface area contributed by atoms with E-state index in [0.29, 0.717) is 0 Å². The summed E-state index contributed by atoms with van der Waals surface area (Å²) in [6.45, 7) is 1.44. The van der Waals surface area contributed by atoms with Gasteiger partial charge in [0.05, 0.1) is 27.6 Å². The van der Waals surface area contributed by atoms with Crippen LogP contribution in [0.2, 0.25) is 0 Å². The quantitative estimate of drug-likeness (QED) is 0.231. The highest BCUT2D eigenvalue weighted by Gasteiger charge is 2.31. The summed E-state index contributed by atoms with van der Waals surface area (Å²) in [7, 11) is -1.70. The smallest absolute Gasteiger partial charge is 0.257 e. The number of amides is 2. The highest BCUT2D eigenvalue weighted by atomic mass is 32.2. The van der Waals surface area contributed by atoms with E-state index in [1.807, 2.05) is 0 Å². The molecule has 2 amide bonds. The molecule has 42 heavy (non-hydrogen) atoms. The maximum absolute atomic E-state index is 13.2. The third-order valence-electron chi connectivity index (χ3n) is 7.77. The van der Waals surface area contributed by atoms with Crippen molar-refractivity contribution in [3.63, 3.8) is 0 Å². The number of fused-ring (bicyclic) bond motifs is 2. The van der Waals surface area contributed by atoms with Crippen LogP contribution in [0.5, 0.6) is 0 Å². The number of sulfone groups is 1. The van der Waals surface area contributed by atoms with Gasteiger partial charge in [0.2, 0.25) is 9.84 Å². The van der Waals surface area contributed by atoms with Crippen LogP contribution >= 0.6 is 11.3 Å². The Morgan fingerprint density at radius 3 is 2.62 bits per heavy atom. The van der Waals surface area contributed by atoms with Gasteiger partial charge in [0, 0.05) is 28.2 Å². The van der Waals surface area contributed by atoms with Gasteiger partial charge in [-0.15, -0.1) is 11.3 Å². The highest BCUT2D eigenvalue weighted by Crippen LogP contribution is 2.34. The molecule has 2 aliphatic rings. The van der Waals surface area contributed by atoms with Gasteiger partial charge in [-0.25, -0.2) is 13.4 Å². The van der Waals surface area contributed by atoms with Gasteiger partial charge in [-0.2, -0.15) is 0 Å². The Morgan fingerprint density at radius 1 is 1.05 bits per heavy atom. The van der Waals surface area contributed by atoms with Crippen molar-refractivity contribution in [2.45, 2.75) is 54.5 Å². The molecule has 4 aromatic rings. The molecule has 10 heteroatoms. The number of rotatable bonds is 10. The maximum atomic E-state index is 13.2. The van der Waals surface area contributed by atoms with Gasteiger partial charge in [-0.3, -0.25) is 9.59 Å². The predicted octanol–water partition coefficient (Wildman–Crippen LogP) is 5.56. The number of carbonyl (C=O) groups is 2. The summed E-state index contributed by atoms with van der Waals surface area (Å²) in [5.74, 6) is -0.916. The largest absolute Gasteiger partial charge is 0.347 e. The standard InChI is InChI=1S/C32H32N4O4S2/c1-36(24-14-15-24)17-5-4-6-21-9-11-22(12-10-21)32-34-20-25(41-32)19-33-30(37)23-13-16-29-27(18-23)35-31(38)26-7-2-3-8-28(26)42(29,39)40/h2-3,7-13,16,18,20,24H,4-6,14-15,17,19H2,1H3,(H,33,37)(H,35,38). The van der Waals surface area contributed by atoms with Crippen LogP contribution in [0.1, 0.15) is 56.8 Å². The fraction of sp³-hybridized carbons (Fsp3) is 0.281. The summed E-state index contributed by atoms with van der Waals surface area (Å²) in [6.07, 6.45) is 7.91. The molecule has 216 valence electrons. The molecular weight excluding hydrogens is 569 g/mol. The van der Waals surface area contributed by atoms with Crippen LogP contribution in [0.3, 0.4) is 0 Å². The van der Waals surface area contributed by atoms with Crippen molar-refractivity contribution in [1.29, 1.82) is 0 Å². The minimum Gasteiger partial charge on any atom is -0.347 e. The fourth-order valence-corrected chi connectivity index (χ4v) is 7.64. The van der Waals surface area contributed by atoms with Gasteiger partial charge in [-0.05, 0) is 81.6 Å². The average molecular weight is 601 g/mol. The van der Waals surface area contributed by atoms with Gasteiger partial charge in [0.1, 0.15) is 5.01 Å². The Kier molecular flexibility index (Phi) is 7.94. The lowest BCUT2D eigenvalue weighted by Crippen LogP contribution is -2.22. The number of nitrogens with one attached hydrogen (secondary N) is 2. The number of anilines is 1. The Morgan fingerprint density at radius 2 is 1.83 bits per heavy atom. The molecule has 0 atom stereocenters. The van der Waals surface area contributed by atoms with Crippen molar-refractivity contribution in [2.24, 2.45) is 0 Å². The fourth-order valence-electron chi connectivity index (χ4n) is 5.19. The third-order valence-corrected chi connectivity index (χ3v) is 10.7. The van der Waals surface area contributed by atoms with Crippen molar-refractivity contribution >= 4 is 38.7 Å². The molecule has 6 rings (SSSR count). The predicted molar refractivity (Wildman–Crippen MR) is 164 cm³/mol. The highest BCUT2D eigenvalue weighted by molar-refractivity contribution is 7.91. The van der Waals surface area contributed by atoms with E-state index in [4.69, 9.17) is 0 Å². The van der Waals surface area contributed by atoms with E-state index in [0.717, 1.165) is 27.9 Å². The summed E-state index contributed by atoms with van der Waals surface area (Å²) in [6, 6.07) is 19.6. The summed E-state index contributed by atoms with van der Waals surface area (Å²) in [5, 5.41) is 6.40. The number of benzene rings is 3. The van der Waals surface area contributed by atoms with Crippen molar-refractivity contribution < 1.29 is 18.0 Å². The van der Waals surface area contributed by atoms with Crippen molar-refractivity contribution in [3.8, 4) is 10.6 Å². The average Bonchev–Trinajstić information content (AvgIpc) is 3.76. The van der Waals surface area contributed by atoms with Crippen molar-refractivity contribution in [2.75, 3.05) is 18.9 Å². The summed E-state index contributed by atoms with van der Waals surface area (Å²) >= 11 is 1.51.